The van der Waals surface area contributed by atoms with Crippen LogP contribution in [0.15, 0.2) is 48.5 Å². The van der Waals surface area contributed by atoms with Crippen LogP contribution in [0, 0.1) is 0 Å². The average Bonchev–Trinajstić information content (AvgIpc) is 2.54. The molecule has 0 atom stereocenters. The molecule has 0 N–H and O–H groups in total. The number of carbonyl (C=O) groups excluding carboxylic acids is 1. The van der Waals surface area contributed by atoms with Gasteiger partial charge in [-0.15, -0.1) is 0 Å². The van der Waals surface area contributed by atoms with Crippen LogP contribution in [-0.2, 0) is 6.42 Å². The van der Waals surface area contributed by atoms with Crippen LogP contribution < -0.4 is 4.74 Å². The topological polar surface area (TPSA) is 26.3 Å². The van der Waals surface area contributed by atoms with Gasteiger partial charge >= 0.3 is 0 Å². The first-order chi connectivity index (χ1) is 10.2. The molecule has 0 saturated heterocycles. The van der Waals surface area contributed by atoms with E-state index in [1.807, 2.05) is 43.3 Å². The molecule has 2 aromatic carbocycles. The molecular formula is C19H22O2. The molecule has 110 valence electrons. The van der Waals surface area contributed by atoms with Crippen molar-refractivity contribution in [3.63, 3.8) is 0 Å². The van der Waals surface area contributed by atoms with Crippen molar-refractivity contribution in [1.82, 2.24) is 0 Å². The lowest BCUT2D eigenvalue weighted by molar-refractivity contribution is 0.0986. The van der Waals surface area contributed by atoms with Crippen LogP contribution in [0.2, 0.25) is 0 Å². The molecule has 2 nitrogen and oxygen atoms in total. The molecule has 2 rings (SSSR count). The third-order valence-corrected chi connectivity index (χ3v) is 3.48. The molecule has 0 aliphatic rings. The predicted octanol–water partition coefficient (Wildman–Crippen LogP) is 5.41. The minimum absolute atomic E-state index is 0.102. The van der Waals surface area contributed by atoms with Crippen LogP contribution >= 0.6 is 0 Å². The molecule has 0 aromatic heterocycles. The Morgan fingerprint density at radius 1 is 1.00 bits per heavy atom. The molecule has 0 heterocycles. The summed E-state index contributed by atoms with van der Waals surface area (Å²) in [5.41, 5.74) is 1.97. The molecule has 21 heavy (non-hydrogen) atoms. The van der Waals surface area contributed by atoms with Gasteiger partial charge in [0.2, 0.25) is 0 Å². The number of rotatable bonds is 7. The third-order valence-electron chi connectivity index (χ3n) is 3.48. The van der Waals surface area contributed by atoms with Gasteiger partial charge in [0.25, 0.3) is 0 Å². The summed E-state index contributed by atoms with van der Waals surface area (Å²) >= 11 is 0. The first kappa shape index (κ1) is 15.3. The SMILES string of the molecule is CCCCc1ccc(Oc2ccccc2C(=O)CC)cc1. The molecule has 0 spiro atoms. The number of ketones is 1. The van der Waals surface area contributed by atoms with Crippen molar-refractivity contribution in [1.29, 1.82) is 0 Å². The van der Waals surface area contributed by atoms with Crippen LogP contribution in [-0.4, -0.2) is 5.78 Å². The maximum absolute atomic E-state index is 11.9. The zero-order valence-corrected chi connectivity index (χ0v) is 12.8. The van der Waals surface area contributed by atoms with Gasteiger partial charge in [-0.2, -0.15) is 0 Å². The van der Waals surface area contributed by atoms with E-state index < -0.39 is 0 Å². The van der Waals surface area contributed by atoms with Crippen molar-refractivity contribution in [2.45, 2.75) is 39.5 Å². The van der Waals surface area contributed by atoms with Crippen LogP contribution in [0.1, 0.15) is 49.0 Å². The number of benzene rings is 2. The Morgan fingerprint density at radius 3 is 2.38 bits per heavy atom. The smallest absolute Gasteiger partial charge is 0.166 e. The highest BCUT2D eigenvalue weighted by Crippen LogP contribution is 2.26. The van der Waals surface area contributed by atoms with E-state index in [4.69, 9.17) is 4.74 Å². The summed E-state index contributed by atoms with van der Waals surface area (Å²) in [7, 11) is 0. The van der Waals surface area contributed by atoms with Gasteiger partial charge in [-0.1, -0.05) is 44.5 Å². The van der Waals surface area contributed by atoms with Crippen LogP contribution in [0.25, 0.3) is 0 Å². The Kier molecular flexibility index (Phi) is 5.56. The average molecular weight is 282 g/mol. The monoisotopic (exact) mass is 282 g/mol. The van der Waals surface area contributed by atoms with Gasteiger partial charge < -0.3 is 4.74 Å². The molecular weight excluding hydrogens is 260 g/mol. The van der Waals surface area contributed by atoms with Crippen molar-refractivity contribution >= 4 is 5.78 Å². The number of hydrogen-bond donors (Lipinski definition) is 0. The maximum atomic E-state index is 11.9. The highest BCUT2D eigenvalue weighted by Gasteiger charge is 2.10. The summed E-state index contributed by atoms with van der Waals surface area (Å²) in [5, 5.41) is 0. The fourth-order valence-corrected chi connectivity index (χ4v) is 2.21. The fraction of sp³-hybridized carbons (Fsp3) is 0.316. The summed E-state index contributed by atoms with van der Waals surface area (Å²) in [5.74, 6) is 1.50. The Morgan fingerprint density at radius 2 is 1.71 bits per heavy atom. The minimum Gasteiger partial charge on any atom is -0.457 e. The minimum atomic E-state index is 0.102. The highest BCUT2D eigenvalue weighted by atomic mass is 16.5. The molecule has 0 unspecified atom stereocenters. The number of Topliss-reactive ketones (excluding diaryl/α,β-unsaturated/α-hetero) is 1. The Labute approximate surface area is 126 Å². The van der Waals surface area contributed by atoms with Gasteiger partial charge in [0.1, 0.15) is 11.5 Å². The quantitative estimate of drug-likeness (QED) is 0.634. The van der Waals surface area contributed by atoms with E-state index in [1.54, 1.807) is 0 Å². The van der Waals surface area contributed by atoms with Crippen LogP contribution in [0.4, 0.5) is 0 Å². The standard InChI is InChI=1S/C19H22O2/c1-3-5-8-15-11-13-16(14-12-15)21-19-10-7-6-9-17(19)18(20)4-2/h6-7,9-14H,3-5,8H2,1-2H3. The maximum Gasteiger partial charge on any atom is 0.166 e. The summed E-state index contributed by atoms with van der Waals surface area (Å²) in [6.45, 7) is 4.06. The van der Waals surface area contributed by atoms with E-state index in [0.29, 0.717) is 17.7 Å². The second kappa shape index (κ2) is 7.63. The zero-order chi connectivity index (χ0) is 15.1. The van der Waals surface area contributed by atoms with E-state index in [1.165, 1.54) is 18.4 Å². The lowest BCUT2D eigenvalue weighted by Crippen LogP contribution is -1.99. The number of aryl methyl sites for hydroxylation is 1. The molecule has 0 aliphatic carbocycles. The van der Waals surface area contributed by atoms with Gasteiger partial charge in [-0.05, 0) is 42.7 Å². The molecule has 0 bridgehead atoms. The van der Waals surface area contributed by atoms with Crippen molar-refractivity contribution in [2.24, 2.45) is 0 Å². The fourth-order valence-electron chi connectivity index (χ4n) is 2.21. The van der Waals surface area contributed by atoms with Crippen molar-refractivity contribution < 1.29 is 9.53 Å². The van der Waals surface area contributed by atoms with E-state index in [0.717, 1.165) is 12.2 Å². The largest absolute Gasteiger partial charge is 0.457 e. The van der Waals surface area contributed by atoms with E-state index >= 15 is 0 Å². The van der Waals surface area contributed by atoms with Gasteiger partial charge in [-0.25, -0.2) is 0 Å². The van der Waals surface area contributed by atoms with Crippen LogP contribution in [0.5, 0.6) is 11.5 Å². The molecule has 0 aliphatic heterocycles. The zero-order valence-electron chi connectivity index (χ0n) is 12.8. The number of hydrogen-bond acceptors (Lipinski definition) is 2. The molecule has 2 heteroatoms. The summed E-state index contributed by atoms with van der Waals surface area (Å²) < 4.78 is 5.87. The van der Waals surface area contributed by atoms with E-state index in [2.05, 4.69) is 19.1 Å². The Bertz CT molecular complexity index is 585. The number of carbonyl (C=O) groups is 1. The van der Waals surface area contributed by atoms with Crippen molar-refractivity contribution in [2.75, 3.05) is 0 Å². The number of ether oxygens (including phenoxy) is 1. The molecule has 0 fully saturated rings. The number of para-hydroxylation sites is 1. The lowest BCUT2D eigenvalue weighted by atomic mass is 10.1. The molecule has 0 radical (unpaired) electrons. The van der Waals surface area contributed by atoms with Gasteiger partial charge in [0.15, 0.2) is 5.78 Å². The van der Waals surface area contributed by atoms with E-state index in [-0.39, 0.29) is 5.78 Å². The number of unbranched alkanes of at least 4 members (excludes halogenated alkanes) is 1. The second-order valence-corrected chi connectivity index (χ2v) is 5.12. The predicted molar refractivity (Wildman–Crippen MR) is 86.2 cm³/mol. The second-order valence-electron chi connectivity index (χ2n) is 5.12. The normalized spacial score (nSPS) is 10.4. The van der Waals surface area contributed by atoms with E-state index in [9.17, 15) is 4.79 Å². The summed E-state index contributed by atoms with van der Waals surface area (Å²) in [6.07, 6.45) is 3.98. The van der Waals surface area contributed by atoms with Crippen molar-refractivity contribution in [3.8, 4) is 11.5 Å². The Balaban J connectivity index is 2.13. The highest BCUT2D eigenvalue weighted by molar-refractivity contribution is 5.98. The van der Waals surface area contributed by atoms with Gasteiger partial charge in [-0.3, -0.25) is 4.79 Å². The molecule has 0 amide bonds. The summed E-state index contributed by atoms with van der Waals surface area (Å²) in [4.78, 5) is 11.9. The van der Waals surface area contributed by atoms with Gasteiger partial charge in [0.05, 0.1) is 5.56 Å². The first-order valence-electron chi connectivity index (χ1n) is 7.63. The first-order valence-corrected chi connectivity index (χ1v) is 7.63. The Hall–Kier alpha value is -2.09. The van der Waals surface area contributed by atoms with Crippen LogP contribution in [0.3, 0.4) is 0 Å². The van der Waals surface area contributed by atoms with Gasteiger partial charge in [0, 0.05) is 6.42 Å². The van der Waals surface area contributed by atoms with Crippen molar-refractivity contribution in [3.05, 3.63) is 59.7 Å². The molecule has 2 aromatic rings. The molecule has 0 saturated carbocycles. The summed E-state index contributed by atoms with van der Waals surface area (Å²) in [6, 6.07) is 15.5. The lowest BCUT2D eigenvalue weighted by Gasteiger charge is -2.10. The third kappa shape index (κ3) is 4.19.